The molecule has 0 aliphatic carbocycles. The minimum atomic E-state index is -0.197. The largest absolute Gasteiger partial charge is 0.454 e. The third-order valence-corrected chi connectivity index (χ3v) is 5.38. The van der Waals surface area contributed by atoms with Crippen LogP contribution in [0.5, 0.6) is 11.5 Å². The predicted molar refractivity (Wildman–Crippen MR) is 122 cm³/mol. The van der Waals surface area contributed by atoms with E-state index in [0.717, 1.165) is 33.3 Å². The zero-order valence-corrected chi connectivity index (χ0v) is 17.8. The normalized spacial score (nSPS) is 12.8. The maximum absolute atomic E-state index is 11.2. The first kappa shape index (κ1) is 20.4. The summed E-state index contributed by atoms with van der Waals surface area (Å²) in [5.41, 5.74) is 11.8. The van der Waals surface area contributed by atoms with Crippen molar-refractivity contribution in [3.63, 3.8) is 0 Å². The Hall–Kier alpha value is -3.85. The highest BCUT2D eigenvalue weighted by atomic mass is 32.1. The maximum atomic E-state index is 11.2. The highest BCUT2D eigenvalue weighted by Crippen LogP contribution is 2.33. The van der Waals surface area contributed by atoms with Crippen LogP contribution >= 0.6 is 11.3 Å². The van der Waals surface area contributed by atoms with Gasteiger partial charge in [-0.05, 0) is 42.8 Å². The molecule has 1 aliphatic rings. The molecule has 2 aromatic carbocycles. The van der Waals surface area contributed by atoms with Crippen LogP contribution in [-0.2, 0) is 4.79 Å². The number of rotatable bonds is 7. The molecule has 4 rings (SSSR count). The quantitative estimate of drug-likeness (QED) is 0.381. The number of aromatic nitrogens is 1. The summed E-state index contributed by atoms with van der Waals surface area (Å²) in [5.74, 6) is 1.26. The van der Waals surface area contributed by atoms with Crippen LogP contribution in [0.25, 0.3) is 6.08 Å². The topological polar surface area (TPSA) is 96.9 Å². The summed E-state index contributed by atoms with van der Waals surface area (Å²) in [6.45, 7) is 3.57. The van der Waals surface area contributed by atoms with Gasteiger partial charge in [0.25, 0.3) is 0 Å². The SMILES string of the molecule is CC(=O)NNc1nc(C)c(C(/C=C\c2ccc3c(c2)OCO3)=N\Nc2ccccc2)s1. The predicted octanol–water partition coefficient (Wildman–Crippen LogP) is 4.17. The molecular formula is C22H21N5O3S. The minimum Gasteiger partial charge on any atom is -0.454 e. The van der Waals surface area contributed by atoms with E-state index in [1.807, 2.05) is 67.6 Å². The molecule has 0 atom stereocenters. The van der Waals surface area contributed by atoms with Gasteiger partial charge in [0.05, 0.1) is 16.3 Å². The highest BCUT2D eigenvalue weighted by molar-refractivity contribution is 7.17. The van der Waals surface area contributed by atoms with E-state index < -0.39 is 0 Å². The Kier molecular flexibility index (Phi) is 6.13. The van der Waals surface area contributed by atoms with E-state index in [1.165, 1.54) is 18.3 Å². The van der Waals surface area contributed by atoms with Crippen molar-refractivity contribution in [3.05, 3.63) is 70.7 Å². The van der Waals surface area contributed by atoms with E-state index in [4.69, 9.17) is 9.47 Å². The molecule has 1 aliphatic heterocycles. The number of nitrogens with zero attached hydrogens (tertiary/aromatic N) is 2. The zero-order valence-electron chi connectivity index (χ0n) is 17.0. The van der Waals surface area contributed by atoms with Gasteiger partial charge in [-0.3, -0.25) is 21.1 Å². The second-order valence-corrected chi connectivity index (χ2v) is 7.66. The first-order valence-corrected chi connectivity index (χ1v) is 10.4. The number of thiazole rings is 1. The van der Waals surface area contributed by atoms with Crippen LogP contribution in [0.2, 0.25) is 0 Å². The lowest BCUT2D eigenvalue weighted by atomic mass is 10.1. The number of benzene rings is 2. The number of hydrogen-bond donors (Lipinski definition) is 3. The zero-order chi connectivity index (χ0) is 21.6. The molecule has 0 fully saturated rings. The van der Waals surface area contributed by atoms with E-state index in [0.29, 0.717) is 10.8 Å². The Morgan fingerprint density at radius 1 is 1.16 bits per heavy atom. The molecule has 3 aromatic rings. The minimum absolute atomic E-state index is 0.197. The van der Waals surface area contributed by atoms with Gasteiger partial charge >= 0.3 is 0 Å². The third-order valence-electron chi connectivity index (χ3n) is 4.28. The summed E-state index contributed by atoms with van der Waals surface area (Å²) in [4.78, 5) is 16.5. The lowest BCUT2D eigenvalue weighted by Gasteiger charge is -2.04. The van der Waals surface area contributed by atoms with Gasteiger partial charge in [-0.15, -0.1) is 0 Å². The molecule has 0 radical (unpaired) electrons. The van der Waals surface area contributed by atoms with Gasteiger partial charge < -0.3 is 9.47 Å². The smallest absolute Gasteiger partial charge is 0.235 e. The van der Waals surface area contributed by atoms with Gasteiger partial charge in [0, 0.05) is 6.92 Å². The summed E-state index contributed by atoms with van der Waals surface area (Å²) in [6, 6.07) is 15.5. The number of fused-ring (bicyclic) bond motifs is 1. The van der Waals surface area contributed by atoms with Crippen molar-refractivity contribution < 1.29 is 14.3 Å². The fourth-order valence-electron chi connectivity index (χ4n) is 2.82. The number of anilines is 2. The average Bonchev–Trinajstić information content (AvgIpc) is 3.39. The van der Waals surface area contributed by atoms with Crippen LogP contribution in [0.3, 0.4) is 0 Å². The monoisotopic (exact) mass is 435 g/mol. The van der Waals surface area contributed by atoms with E-state index in [1.54, 1.807) is 0 Å². The molecule has 3 N–H and O–H groups in total. The van der Waals surface area contributed by atoms with Crippen molar-refractivity contribution in [2.24, 2.45) is 5.10 Å². The summed E-state index contributed by atoms with van der Waals surface area (Å²) in [7, 11) is 0. The molecule has 2 heterocycles. The number of para-hydroxylation sites is 1. The Labute approximate surface area is 183 Å². The fraction of sp³-hybridized carbons (Fsp3) is 0.136. The van der Waals surface area contributed by atoms with Crippen molar-refractivity contribution in [1.29, 1.82) is 0 Å². The van der Waals surface area contributed by atoms with Crippen molar-refractivity contribution >= 4 is 39.9 Å². The molecule has 0 unspecified atom stereocenters. The number of hydrogen-bond acceptors (Lipinski definition) is 8. The molecule has 0 saturated carbocycles. The molecule has 31 heavy (non-hydrogen) atoms. The standard InChI is InChI=1S/C22H21N5O3S/c1-14-21(31-22(23-14)27-24-15(2)28)18(26-25-17-6-4-3-5-7-17)10-8-16-9-11-19-20(12-16)30-13-29-19/h3-12,25H,13H2,1-2H3,(H,23,27)(H,24,28)/b10-8-,26-18-. The van der Waals surface area contributed by atoms with Crippen LogP contribution in [0.1, 0.15) is 23.1 Å². The summed E-state index contributed by atoms with van der Waals surface area (Å²) in [6.07, 6.45) is 3.86. The van der Waals surface area contributed by atoms with Crippen LogP contribution in [-0.4, -0.2) is 23.4 Å². The first-order chi connectivity index (χ1) is 15.1. The number of ether oxygens (including phenoxy) is 2. The Bertz CT molecular complexity index is 1140. The first-order valence-electron chi connectivity index (χ1n) is 9.55. The number of nitrogens with one attached hydrogen (secondary N) is 3. The Balaban J connectivity index is 1.62. The van der Waals surface area contributed by atoms with Crippen molar-refractivity contribution in [3.8, 4) is 11.5 Å². The number of amides is 1. The lowest BCUT2D eigenvalue weighted by Crippen LogP contribution is -2.26. The third kappa shape index (κ3) is 5.20. The van der Waals surface area contributed by atoms with Crippen LogP contribution in [0.15, 0.2) is 59.7 Å². The van der Waals surface area contributed by atoms with Crippen molar-refractivity contribution in [2.75, 3.05) is 17.6 Å². The Morgan fingerprint density at radius 3 is 2.77 bits per heavy atom. The van der Waals surface area contributed by atoms with Gasteiger partial charge in [0.1, 0.15) is 5.71 Å². The number of hydrazine groups is 1. The van der Waals surface area contributed by atoms with E-state index in [9.17, 15) is 4.79 Å². The summed E-state index contributed by atoms with van der Waals surface area (Å²) < 4.78 is 10.8. The molecule has 0 spiro atoms. The number of carbonyl (C=O) groups excluding carboxylic acids is 1. The second-order valence-electron chi connectivity index (χ2n) is 6.66. The van der Waals surface area contributed by atoms with E-state index in [-0.39, 0.29) is 12.7 Å². The molecule has 9 heteroatoms. The molecule has 0 bridgehead atoms. The number of allylic oxidation sites excluding steroid dienone is 1. The van der Waals surface area contributed by atoms with Crippen molar-refractivity contribution in [1.82, 2.24) is 10.4 Å². The van der Waals surface area contributed by atoms with Crippen LogP contribution < -0.4 is 25.8 Å². The molecule has 158 valence electrons. The highest BCUT2D eigenvalue weighted by Gasteiger charge is 2.14. The van der Waals surface area contributed by atoms with Crippen LogP contribution in [0, 0.1) is 6.92 Å². The molecule has 1 aromatic heterocycles. The molecule has 1 amide bonds. The van der Waals surface area contributed by atoms with Crippen LogP contribution in [0.4, 0.5) is 10.8 Å². The maximum Gasteiger partial charge on any atom is 0.235 e. The van der Waals surface area contributed by atoms with E-state index >= 15 is 0 Å². The lowest BCUT2D eigenvalue weighted by molar-refractivity contribution is -0.118. The molecular weight excluding hydrogens is 414 g/mol. The molecule has 8 nitrogen and oxygen atoms in total. The molecule has 0 saturated heterocycles. The van der Waals surface area contributed by atoms with Gasteiger partial charge in [-0.2, -0.15) is 5.10 Å². The summed E-state index contributed by atoms with van der Waals surface area (Å²) in [5, 5.41) is 5.18. The number of hydrazone groups is 1. The van der Waals surface area contributed by atoms with Gasteiger partial charge in [0.2, 0.25) is 17.8 Å². The van der Waals surface area contributed by atoms with Crippen molar-refractivity contribution in [2.45, 2.75) is 13.8 Å². The fourth-order valence-corrected chi connectivity index (χ4v) is 3.71. The second kappa shape index (κ2) is 9.31. The van der Waals surface area contributed by atoms with Gasteiger partial charge in [-0.1, -0.05) is 41.7 Å². The number of aryl methyl sites for hydroxylation is 1. The Morgan fingerprint density at radius 2 is 1.97 bits per heavy atom. The van der Waals surface area contributed by atoms with Gasteiger partial charge in [0.15, 0.2) is 11.5 Å². The van der Waals surface area contributed by atoms with E-state index in [2.05, 4.69) is 26.4 Å². The number of carbonyl (C=O) groups is 1. The summed E-state index contributed by atoms with van der Waals surface area (Å²) >= 11 is 1.40. The average molecular weight is 436 g/mol. The van der Waals surface area contributed by atoms with Gasteiger partial charge in [-0.25, -0.2) is 4.98 Å².